The van der Waals surface area contributed by atoms with Gasteiger partial charge in [0, 0.05) is 0 Å². The summed E-state index contributed by atoms with van der Waals surface area (Å²) in [6.45, 7) is 2.69. The summed E-state index contributed by atoms with van der Waals surface area (Å²) in [5.74, 6) is 0.928. The highest BCUT2D eigenvalue weighted by Crippen LogP contribution is 2.20. The molecule has 0 radical (unpaired) electrons. The number of aryl methyl sites for hydroxylation is 1. The number of hydrogen-bond donors (Lipinski definition) is 1. The van der Waals surface area contributed by atoms with Crippen molar-refractivity contribution in [2.45, 2.75) is 45.4 Å². The third kappa shape index (κ3) is 5.73. The van der Waals surface area contributed by atoms with Crippen LogP contribution in [0, 0.1) is 0 Å². The molecular weight excluding hydrogens is 212 g/mol. The van der Waals surface area contributed by atoms with Gasteiger partial charge in [-0.05, 0) is 24.5 Å². The van der Waals surface area contributed by atoms with Gasteiger partial charge in [-0.3, -0.25) is 0 Å². The van der Waals surface area contributed by atoms with Crippen LogP contribution < -0.4 is 4.74 Å². The number of aliphatic hydroxyl groups excluding tert-OH is 1. The van der Waals surface area contributed by atoms with Crippen molar-refractivity contribution in [1.29, 1.82) is 0 Å². The van der Waals surface area contributed by atoms with Crippen LogP contribution >= 0.6 is 0 Å². The lowest BCUT2D eigenvalue weighted by atomic mass is 10.0. The second-order valence-electron chi connectivity index (χ2n) is 4.34. The molecule has 0 saturated carbocycles. The van der Waals surface area contributed by atoms with E-state index in [9.17, 15) is 0 Å². The number of para-hydroxylation sites is 1. The summed E-state index contributed by atoms with van der Waals surface area (Å²) >= 11 is 0. The van der Waals surface area contributed by atoms with Gasteiger partial charge in [0.25, 0.3) is 0 Å². The summed E-state index contributed by atoms with van der Waals surface area (Å²) in [6, 6.07) is 8.13. The molecule has 0 saturated heterocycles. The normalized spacial score (nSPS) is 10.5. The van der Waals surface area contributed by atoms with Crippen LogP contribution in [0.1, 0.15) is 44.6 Å². The van der Waals surface area contributed by atoms with Crippen LogP contribution in [0.15, 0.2) is 24.3 Å². The highest BCUT2D eigenvalue weighted by atomic mass is 16.5. The molecule has 0 aliphatic rings. The van der Waals surface area contributed by atoms with Gasteiger partial charge in [-0.2, -0.15) is 0 Å². The van der Waals surface area contributed by atoms with Crippen molar-refractivity contribution in [2.75, 3.05) is 13.2 Å². The Morgan fingerprint density at radius 3 is 2.59 bits per heavy atom. The van der Waals surface area contributed by atoms with Gasteiger partial charge in [0.05, 0.1) is 6.61 Å². The lowest BCUT2D eigenvalue weighted by molar-refractivity contribution is 0.200. The maximum absolute atomic E-state index is 8.77. The predicted molar refractivity (Wildman–Crippen MR) is 71.5 cm³/mol. The Bertz CT molecular complexity index is 297. The van der Waals surface area contributed by atoms with E-state index in [-0.39, 0.29) is 6.61 Å². The van der Waals surface area contributed by atoms with Crippen LogP contribution in [-0.4, -0.2) is 18.3 Å². The first-order chi connectivity index (χ1) is 8.38. The van der Waals surface area contributed by atoms with E-state index < -0.39 is 0 Å². The van der Waals surface area contributed by atoms with Gasteiger partial charge >= 0.3 is 0 Å². The molecule has 1 N–H and O–H groups in total. The van der Waals surface area contributed by atoms with E-state index >= 15 is 0 Å². The second-order valence-corrected chi connectivity index (χ2v) is 4.34. The number of unbranched alkanes of at least 4 members (excludes halogenated alkanes) is 4. The van der Waals surface area contributed by atoms with Crippen LogP contribution in [0.4, 0.5) is 0 Å². The number of ether oxygens (including phenoxy) is 1. The van der Waals surface area contributed by atoms with Gasteiger partial charge in [-0.1, -0.05) is 50.8 Å². The van der Waals surface area contributed by atoms with Gasteiger partial charge in [-0.15, -0.1) is 0 Å². The minimum Gasteiger partial charge on any atom is -0.491 e. The summed E-state index contributed by atoms with van der Waals surface area (Å²) in [4.78, 5) is 0. The summed E-state index contributed by atoms with van der Waals surface area (Å²) in [5, 5.41) is 8.77. The minimum atomic E-state index is 0.0742. The number of aliphatic hydroxyl groups is 1. The lowest BCUT2D eigenvalue weighted by Crippen LogP contribution is -2.03. The summed E-state index contributed by atoms with van der Waals surface area (Å²) in [5.41, 5.74) is 1.26. The van der Waals surface area contributed by atoms with Crippen molar-refractivity contribution in [2.24, 2.45) is 0 Å². The number of benzene rings is 1. The molecular formula is C15H24O2. The van der Waals surface area contributed by atoms with E-state index in [0.29, 0.717) is 6.61 Å². The zero-order valence-electron chi connectivity index (χ0n) is 10.8. The molecule has 0 atom stereocenters. The van der Waals surface area contributed by atoms with Crippen LogP contribution in [0.2, 0.25) is 0 Å². The highest BCUT2D eigenvalue weighted by Gasteiger charge is 2.02. The topological polar surface area (TPSA) is 29.5 Å². The molecule has 0 aromatic heterocycles. The van der Waals surface area contributed by atoms with Crippen LogP contribution in [0.3, 0.4) is 0 Å². The summed E-state index contributed by atoms with van der Waals surface area (Å²) in [6.07, 6.45) is 7.54. The molecule has 0 amide bonds. The smallest absolute Gasteiger partial charge is 0.122 e. The van der Waals surface area contributed by atoms with Crippen LogP contribution in [0.5, 0.6) is 5.75 Å². The maximum Gasteiger partial charge on any atom is 0.122 e. The highest BCUT2D eigenvalue weighted by molar-refractivity contribution is 5.33. The molecule has 0 aliphatic carbocycles. The molecule has 0 bridgehead atoms. The second kappa shape index (κ2) is 9.06. The first-order valence-corrected chi connectivity index (χ1v) is 6.70. The fourth-order valence-electron chi connectivity index (χ4n) is 1.93. The predicted octanol–water partition coefficient (Wildman–Crippen LogP) is 3.57. The fourth-order valence-corrected chi connectivity index (χ4v) is 1.93. The van der Waals surface area contributed by atoms with Crippen molar-refractivity contribution < 1.29 is 9.84 Å². The third-order valence-electron chi connectivity index (χ3n) is 2.87. The zero-order valence-corrected chi connectivity index (χ0v) is 10.8. The SMILES string of the molecule is CCCCCCCc1ccccc1OCCO. The molecule has 0 spiro atoms. The van der Waals surface area contributed by atoms with Gasteiger partial charge in [0.15, 0.2) is 0 Å². The van der Waals surface area contributed by atoms with Crippen molar-refractivity contribution in [3.63, 3.8) is 0 Å². The molecule has 0 unspecified atom stereocenters. The monoisotopic (exact) mass is 236 g/mol. The van der Waals surface area contributed by atoms with Gasteiger partial charge < -0.3 is 9.84 Å². The number of rotatable bonds is 9. The van der Waals surface area contributed by atoms with Crippen molar-refractivity contribution in [1.82, 2.24) is 0 Å². The summed E-state index contributed by atoms with van der Waals surface area (Å²) in [7, 11) is 0. The van der Waals surface area contributed by atoms with E-state index in [1.807, 2.05) is 18.2 Å². The van der Waals surface area contributed by atoms with E-state index in [1.165, 1.54) is 37.7 Å². The van der Waals surface area contributed by atoms with Crippen molar-refractivity contribution >= 4 is 0 Å². The Morgan fingerprint density at radius 2 is 1.82 bits per heavy atom. The molecule has 1 rings (SSSR count). The van der Waals surface area contributed by atoms with Gasteiger partial charge in [0.1, 0.15) is 12.4 Å². The van der Waals surface area contributed by atoms with E-state index in [2.05, 4.69) is 13.0 Å². The molecule has 0 heterocycles. The van der Waals surface area contributed by atoms with Crippen molar-refractivity contribution in [3.05, 3.63) is 29.8 Å². The molecule has 0 fully saturated rings. The molecule has 2 nitrogen and oxygen atoms in total. The Labute approximate surface area is 105 Å². The standard InChI is InChI=1S/C15H24O2/c1-2-3-4-5-6-9-14-10-7-8-11-15(14)17-13-12-16/h7-8,10-11,16H,2-6,9,12-13H2,1H3. The molecule has 0 aliphatic heterocycles. The molecule has 1 aromatic rings. The quantitative estimate of drug-likeness (QED) is 0.664. The van der Waals surface area contributed by atoms with Crippen molar-refractivity contribution in [3.8, 4) is 5.75 Å². The van der Waals surface area contributed by atoms with E-state index in [1.54, 1.807) is 0 Å². The molecule has 96 valence electrons. The zero-order chi connectivity index (χ0) is 12.3. The Kier molecular flexibility index (Phi) is 7.48. The number of hydrogen-bond acceptors (Lipinski definition) is 2. The largest absolute Gasteiger partial charge is 0.491 e. The molecule has 17 heavy (non-hydrogen) atoms. The van der Waals surface area contributed by atoms with Gasteiger partial charge in [-0.25, -0.2) is 0 Å². The Hall–Kier alpha value is -1.02. The van der Waals surface area contributed by atoms with E-state index in [4.69, 9.17) is 9.84 Å². The van der Waals surface area contributed by atoms with Crippen LogP contribution in [-0.2, 0) is 6.42 Å². The Balaban J connectivity index is 2.35. The maximum atomic E-state index is 8.77. The van der Waals surface area contributed by atoms with E-state index in [0.717, 1.165) is 12.2 Å². The fraction of sp³-hybridized carbons (Fsp3) is 0.600. The van der Waals surface area contributed by atoms with Gasteiger partial charge in [0.2, 0.25) is 0 Å². The molecule has 2 heteroatoms. The summed E-state index contributed by atoms with van der Waals surface area (Å²) < 4.78 is 5.51. The average molecular weight is 236 g/mol. The first-order valence-electron chi connectivity index (χ1n) is 6.70. The first kappa shape index (κ1) is 14.0. The third-order valence-corrected chi connectivity index (χ3v) is 2.87. The van der Waals surface area contributed by atoms with Crippen LogP contribution in [0.25, 0.3) is 0 Å². The lowest BCUT2D eigenvalue weighted by Gasteiger charge is -2.10. The Morgan fingerprint density at radius 1 is 1.06 bits per heavy atom. The molecule has 1 aromatic carbocycles. The minimum absolute atomic E-state index is 0.0742. The average Bonchev–Trinajstić information content (AvgIpc) is 2.37.